The summed E-state index contributed by atoms with van der Waals surface area (Å²) in [4.78, 5) is 18.4. The van der Waals surface area contributed by atoms with E-state index in [0.29, 0.717) is 12.3 Å². The molecular formula is C12H17N3O2S. The summed E-state index contributed by atoms with van der Waals surface area (Å²) in [6.07, 6.45) is 2.46. The lowest BCUT2D eigenvalue weighted by molar-refractivity contribution is -0.119. The Hall–Kier alpha value is -0.880. The number of thioether (sulfide) groups is 1. The molecule has 2 aliphatic rings. The Balaban J connectivity index is 1.78. The average molecular weight is 267 g/mol. The number of hydrogen-bond acceptors (Lipinski definition) is 6. The Kier molecular flexibility index (Phi) is 3.39. The molecule has 1 aliphatic carbocycles. The molecule has 2 unspecified atom stereocenters. The van der Waals surface area contributed by atoms with Crippen LogP contribution >= 0.6 is 11.8 Å². The molecule has 1 saturated carbocycles. The molecule has 6 heteroatoms. The second-order valence-electron chi connectivity index (χ2n) is 4.97. The van der Waals surface area contributed by atoms with Gasteiger partial charge in [0.15, 0.2) is 5.82 Å². The van der Waals surface area contributed by atoms with Crippen molar-refractivity contribution in [1.82, 2.24) is 15.0 Å². The molecule has 0 bridgehead atoms. The van der Waals surface area contributed by atoms with Crippen LogP contribution in [0.3, 0.4) is 0 Å². The highest BCUT2D eigenvalue weighted by molar-refractivity contribution is 7.99. The van der Waals surface area contributed by atoms with E-state index in [1.54, 1.807) is 0 Å². The first-order valence-electron chi connectivity index (χ1n) is 6.40. The Morgan fingerprint density at radius 3 is 3.11 bits per heavy atom. The number of rotatable bonds is 2. The predicted octanol–water partition coefficient (Wildman–Crippen LogP) is 1.63. The van der Waals surface area contributed by atoms with Gasteiger partial charge in [-0.1, -0.05) is 5.16 Å². The van der Waals surface area contributed by atoms with Crippen LogP contribution < -0.4 is 0 Å². The van der Waals surface area contributed by atoms with Crippen LogP contribution in [-0.4, -0.2) is 45.9 Å². The molecule has 2 heterocycles. The van der Waals surface area contributed by atoms with E-state index in [1.807, 2.05) is 11.8 Å². The summed E-state index contributed by atoms with van der Waals surface area (Å²) < 4.78 is 5.30. The fraction of sp³-hybridized carbons (Fsp3) is 0.750. The lowest BCUT2D eigenvalue weighted by atomic mass is 10.1. The zero-order chi connectivity index (χ0) is 12.5. The first-order valence-corrected chi connectivity index (χ1v) is 7.55. The maximum atomic E-state index is 11.7. The van der Waals surface area contributed by atoms with Crippen LogP contribution in [0.5, 0.6) is 0 Å². The van der Waals surface area contributed by atoms with E-state index in [4.69, 9.17) is 4.52 Å². The van der Waals surface area contributed by atoms with Crippen LogP contribution in [0.4, 0.5) is 0 Å². The van der Waals surface area contributed by atoms with Gasteiger partial charge in [0.05, 0.1) is 12.0 Å². The van der Waals surface area contributed by atoms with Crippen molar-refractivity contribution in [2.24, 2.45) is 0 Å². The van der Waals surface area contributed by atoms with E-state index in [-0.39, 0.29) is 17.7 Å². The van der Waals surface area contributed by atoms with Crippen molar-refractivity contribution in [3.05, 3.63) is 11.7 Å². The van der Waals surface area contributed by atoms with Crippen molar-refractivity contribution < 1.29 is 9.32 Å². The van der Waals surface area contributed by atoms with Crippen LogP contribution in [0.25, 0.3) is 0 Å². The van der Waals surface area contributed by atoms with Gasteiger partial charge in [-0.3, -0.25) is 9.69 Å². The summed E-state index contributed by atoms with van der Waals surface area (Å²) in [6.45, 7) is 1.04. The molecule has 0 N–H and O–H groups in total. The average Bonchev–Trinajstić information content (AvgIpc) is 2.98. The lowest BCUT2D eigenvalue weighted by Crippen LogP contribution is -2.33. The van der Waals surface area contributed by atoms with E-state index in [0.717, 1.165) is 36.7 Å². The van der Waals surface area contributed by atoms with Crippen molar-refractivity contribution in [3.8, 4) is 0 Å². The van der Waals surface area contributed by atoms with Crippen molar-refractivity contribution in [2.45, 2.75) is 31.2 Å². The smallest absolute Gasteiger partial charge is 0.237 e. The summed E-state index contributed by atoms with van der Waals surface area (Å²) in [5, 5.41) is 4.08. The van der Waals surface area contributed by atoms with E-state index in [1.165, 1.54) is 0 Å². The first-order chi connectivity index (χ1) is 8.75. The number of carbonyl (C=O) groups excluding carboxylic acids is 1. The van der Waals surface area contributed by atoms with Gasteiger partial charge in [-0.25, -0.2) is 0 Å². The van der Waals surface area contributed by atoms with Gasteiger partial charge in [-0.2, -0.15) is 16.7 Å². The molecule has 98 valence electrons. The van der Waals surface area contributed by atoms with E-state index in [2.05, 4.69) is 22.1 Å². The SMILES string of the molecule is CN1CCSCC1c1noc(C2CCCC2=O)n1. The molecule has 5 nitrogen and oxygen atoms in total. The molecule has 0 amide bonds. The van der Waals surface area contributed by atoms with Gasteiger partial charge in [0, 0.05) is 24.5 Å². The Morgan fingerprint density at radius 2 is 2.39 bits per heavy atom. The fourth-order valence-electron chi connectivity index (χ4n) is 2.56. The number of Topliss-reactive ketones (excluding diaryl/α,β-unsaturated/α-hetero) is 1. The fourth-order valence-corrected chi connectivity index (χ4v) is 3.77. The molecule has 3 rings (SSSR count). The predicted molar refractivity (Wildman–Crippen MR) is 68.6 cm³/mol. The van der Waals surface area contributed by atoms with E-state index in [9.17, 15) is 4.79 Å². The summed E-state index contributed by atoms with van der Waals surface area (Å²) >= 11 is 1.91. The van der Waals surface area contributed by atoms with Crippen molar-refractivity contribution in [1.29, 1.82) is 0 Å². The number of aromatic nitrogens is 2. The summed E-state index contributed by atoms with van der Waals surface area (Å²) in [5.41, 5.74) is 0. The van der Waals surface area contributed by atoms with Crippen molar-refractivity contribution in [3.63, 3.8) is 0 Å². The minimum Gasteiger partial charge on any atom is -0.338 e. The highest BCUT2D eigenvalue weighted by Gasteiger charge is 2.33. The number of nitrogens with zero attached hydrogens (tertiary/aromatic N) is 3. The maximum absolute atomic E-state index is 11.7. The van der Waals surface area contributed by atoms with Crippen LogP contribution in [0.2, 0.25) is 0 Å². The van der Waals surface area contributed by atoms with Crippen LogP contribution in [0.1, 0.15) is 42.9 Å². The molecule has 1 aromatic heterocycles. The molecule has 0 spiro atoms. The second kappa shape index (κ2) is 5.01. The molecule has 1 aromatic rings. The third-order valence-corrected chi connectivity index (χ3v) is 4.78. The third kappa shape index (κ3) is 2.19. The van der Waals surface area contributed by atoms with Gasteiger partial charge in [0.2, 0.25) is 5.89 Å². The van der Waals surface area contributed by atoms with Crippen molar-refractivity contribution in [2.75, 3.05) is 25.1 Å². The molecule has 2 atom stereocenters. The van der Waals surface area contributed by atoms with Crippen LogP contribution in [-0.2, 0) is 4.79 Å². The molecule has 18 heavy (non-hydrogen) atoms. The normalized spacial score (nSPS) is 29.9. The monoisotopic (exact) mass is 267 g/mol. The number of carbonyl (C=O) groups is 1. The van der Waals surface area contributed by atoms with Gasteiger partial charge >= 0.3 is 0 Å². The van der Waals surface area contributed by atoms with Crippen LogP contribution in [0, 0.1) is 0 Å². The minimum absolute atomic E-state index is 0.146. The zero-order valence-corrected chi connectivity index (χ0v) is 11.3. The number of hydrogen-bond donors (Lipinski definition) is 0. The summed E-state index contributed by atoms with van der Waals surface area (Å²) in [5.74, 6) is 3.51. The Labute approximate surface area is 110 Å². The topological polar surface area (TPSA) is 59.2 Å². The van der Waals surface area contributed by atoms with Gasteiger partial charge in [0.1, 0.15) is 5.78 Å². The summed E-state index contributed by atoms with van der Waals surface area (Å²) in [6, 6.07) is 0.220. The van der Waals surface area contributed by atoms with Crippen molar-refractivity contribution >= 4 is 17.5 Å². The molecular weight excluding hydrogens is 250 g/mol. The number of ketones is 1. The zero-order valence-electron chi connectivity index (χ0n) is 10.5. The summed E-state index contributed by atoms with van der Waals surface area (Å²) in [7, 11) is 2.08. The minimum atomic E-state index is -0.146. The standard InChI is InChI=1S/C12H17N3O2S/c1-15-5-6-18-7-9(15)11-13-12(17-14-11)8-3-2-4-10(8)16/h8-9H,2-7H2,1H3. The van der Waals surface area contributed by atoms with Gasteiger partial charge in [-0.15, -0.1) is 0 Å². The van der Waals surface area contributed by atoms with Gasteiger partial charge in [-0.05, 0) is 19.9 Å². The largest absolute Gasteiger partial charge is 0.338 e. The third-order valence-electron chi connectivity index (χ3n) is 3.75. The molecule has 1 aliphatic heterocycles. The molecule has 0 aromatic carbocycles. The molecule has 2 fully saturated rings. The second-order valence-corrected chi connectivity index (χ2v) is 6.12. The molecule has 1 saturated heterocycles. The molecule has 0 radical (unpaired) electrons. The highest BCUT2D eigenvalue weighted by atomic mass is 32.2. The Bertz CT molecular complexity index is 448. The van der Waals surface area contributed by atoms with Crippen LogP contribution in [0.15, 0.2) is 4.52 Å². The lowest BCUT2D eigenvalue weighted by Gasteiger charge is -2.29. The van der Waals surface area contributed by atoms with Gasteiger partial charge in [0.25, 0.3) is 0 Å². The maximum Gasteiger partial charge on any atom is 0.237 e. The first kappa shape index (κ1) is 12.2. The highest BCUT2D eigenvalue weighted by Crippen LogP contribution is 2.32. The quantitative estimate of drug-likeness (QED) is 0.811. The Morgan fingerprint density at radius 1 is 1.50 bits per heavy atom. The van der Waals surface area contributed by atoms with E-state index >= 15 is 0 Å². The van der Waals surface area contributed by atoms with E-state index < -0.39 is 0 Å². The van der Waals surface area contributed by atoms with Gasteiger partial charge < -0.3 is 4.52 Å².